The molecule has 0 spiro atoms. The van der Waals surface area contributed by atoms with Crippen LogP contribution in [0.3, 0.4) is 0 Å². The Morgan fingerprint density at radius 2 is 1.78 bits per heavy atom. The van der Waals surface area contributed by atoms with Gasteiger partial charge in [0.05, 0.1) is 5.75 Å². The molecule has 0 aromatic carbocycles. The first-order valence-electron chi connectivity index (χ1n) is 7.23. The van der Waals surface area contributed by atoms with Crippen LogP contribution in [0, 0.1) is 0 Å². The molecule has 108 valence electrons. The second-order valence-corrected chi connectivity index (χ2v) is 7.39. The highest BCUT2D eigenvalue weighted by atomic mass is 32.2. The van der Waals surface area contributed by atoms with Gasteiger partial charge in [0.25, 0.3) is 0 Å². The highest BCUT2D eigenvalue weighted by Gasteiger charge is 2.43. The second kappa shape index (κ2) is 6.87. The SMILES string of the molecule is CCCCS(=O)(=O)N(CCC)C1(CN)CCCC1. The van der Waals surface area contributed by atoms with E-state index in [1.807, 2.05) is 13.8 Å². The van der Waals surface area contributed by atoms with Gasteiger partial charge in [0.15, 0.2) is 0 Å². The van der Waals surface area contributed by atoms with E-state index in [0.29, 0.717) is 13.1 Å². The molecule has 0 atom stereocenters. The zero-order valence-electron chi connectivity index (χ0n) is 11.8. The lowest BCUT2D eigenvalue weighted by Crippen LogP contribution is -2.55. The Balaban J connectivity index is 2.93. The Bertz CT molecular complexity index is 335. The van der Waals surface area contributed by atoms with Gasteiger partial charge in [-0.05, 0) is 25.7 Å². The van der Waals surface area contributed by atoms with Gasteiger partial charge in [-0.2, -0.15) is 4.31 Å². The van der Waals surface area contributed by atoms with E-state index in [9.17, 15) is 8.42 Å². The van der Waals surface area contributed by atoms with Crippen molar-refractivity contribution in [3.63, 3.8) is 0 Å². The molecule has 0 saturated heterocycles. The first kappa shape index (κ1) is 15.9. The Hall–Kier alpha value is -0.130. The normalized spacial score (nSPS) is 19.6. The molecule has 1 rings (SSSR count). The van der Waals surface area contributed by atoms with Crippen molar-refractivity contribution in [2.24, 2.45) is 5.73 Å². The highest BCUT2D eigenvalue weighted by Crippen LogP contribution is 2.36. The van der Waals surface area contributed by atoms with Crippen molar-refractivity contribution in [1.29, 1.82) is 0 Å². The molecule has 0 aliphatic heterocycles. The molecule has 1 saturated carbocycles. The fourth-order valence-electron chi connectivity index (χ4n) is 2.90. The third-order valence-electron chi connectivity index (χ3n) is 3.96. The molecule has 0 bridgehead atoms. The van der Waals surface area contributed by atoms with E-state index in [-0.39, 0.29) is 11.3 Å². The first-order valence-corrected chi connectivity index (χ1v) is 8.84. The van der Waals surface area contributed by atoms with Crippen LogP contribution >= 0.6 is 0 Å². The van der Waals surface area contributed by atoms with Crippen LogP contribution in [0.4, 0.5) is 0 Å². The molecule has 4 nitrogen and oxygen atoms in total. The molecule has 1 aliphatic carbocycles. The lowest BCUT2D eigenvalue weighted by Gasteiger charge is -2.39. The highest BCUT2D eigenvalue weighted by molar-refractivity contribution is 7.89. The van der Waals surface area contributed by atoms with Crippen LogP contribution in [0.2, 0.25) is 0 Å². The summed E-state index contributed by atoms with van der Waals surface area (Å²) in [5.74, 6) is 0.269. The Morgan fingerprint density at radius 1 is 1.17 bits per heavy atom. The summed E-state index contributed by atoms with van der Waals surface area (Å²) >= 11 is 0. The van der Waals surface area contributed by atoms with Gasteiger partial charge in [-0.1, -0.05) is 33.1 Å². The van der Waals surface area contributed by atoms with E-state index in [2.05, 4.69) is 0 Å². The van der Waals surface area contributed by atoms with Crippen LogP contribution in [0.25, 0.3) is 0 Å². The summed E-state index contributed by atoms with van der Waals surface area (Å²) in [5, 5.41) is 0. The average Bonchev–Trinajstić information content (AvgIpc) is 2.83. The predicted molar refractivity (Wildman–Crippen MR) is 75.9 cm³/mol. The smallest absolute Gasteiger partial charge is 0.214 e. The van der Waals surface area contributed by atoms with Crippen molar-refractivity contribution in [3.8, 4) is 0 Å². The fourth-order valence-corrected chi connectivity index (χ4v) is 5.08. The Morgan fingerprint density at radius 3 is 2.22 bits per heavy atom. The maximum absolute atomic E-state index is 12.5. The molecular formula is C13H28N2O2S. The fraction of sp³-hybridized carbons (Fsp3) is 1.00. The van der Waals surface area contributed by atoms with Crippen molar-refractivity contribution < 1.29 is 8.42 Å². The molecule has 0 aromatic rings. The lowest BCUT2D eigenvalue weighted by atomic mass is 9.98. The summed E-state index contributed by atoms with van der Waals surface area (Å²) in [7, 11) is -3.15. The standard InChI is InChI=1S/C13H28N2O2S/c1-3-5-11-18(16,17)15(10-4-2)13(12-14)8-6-7-9-13/h3-12,14H2,1-2H3. The monoisotopic (exact) mass is 276 g/mol. The molecule has 5 heteroatoms. The Kier molecular flexibility index (Phi) is 6.08. The summed E-state index contributed by atoms with van der Waals surface area (Å²) in [5.41, 5.74) is 5.63. The molecule has 18 heavy (non-hydrogen) atoms. The second-order valence-electron chi connectivity index (χ2n) is 5.38. The minimum atomic E-state index is -3.15. The van der Waals surface area contributed by atoms with Gasteiger partial charge < -0.3 is 5.73 Å². The molecule has 2 N–H and O–H groups in total. The molecule has 1 aliphatic rings. The number of hydrogen-bond acceptors (Lipinski definition) is 3. The summed E-state index contributed by atoms with van der Waals surface area (Å²) in [6, 6.07) is 0. The van der Waals surface area contributed by atoms with Gasteiger partial charge in [0, 0.05) is 18.6 Å². The minimum Gasteiger partial charge on any atom is -0.329 e. The molecule has 0 amide bonds. The van der Waals surface area contributed by atoms with E-state index in [1.165, 1.54) is 0 Å². The third kappa shape index (κ3) is 3.45. The van der Waals surface area contributed by atoms with Gasteiger partial charge in [-0.15, -0.1) is 0 Å². The van der Waals surface area contributed by atoms with E-state index in [0.717, 1.165) is 44.9 Å². The molecule has 0 heterocycles. The number of sulfonamides is 1. The summed E-state index contributed by atoms with van der Waals surface area (Å²) in [4.78, 5) is 0. The molecular weight excluding hydrogens is 248 g/mol. The summed E-state index contributed by atoms with van der Waals surface area (Å²) in [6.45, 7) is 5.12. The van der Waals surface area contributed by atoms with Crippen LogP contribution in [0.15, 0.2) is 0 Å². The lowest BCUT2D eigenvalue weighted by molar-refractivity contribution is 0.197. The van der Waals surface area contributed by atoms with Crippen LogP contribution in [-0.4, -0.2) is 37.1 Å². The number of nitrogens with zero attached hydrogens (tertiary/aromatic N) is 1. The van der Waals surface area contributed by atoms with Crippen LogP contribution < -0.4 is 5.73 Å². The van der Waals surface area contributed by atoms with Crippen molar-refractivity contribution >= 4 is 10.0 Å². The maximum Gasteiger partial charge on any atom is 0.214 e. The van der Waals surface area contributed by atoms with E-state index < -0.39 is 10.0 Å². The third-order valence-corrected chi connectivity index (χ3v) is 6.01. The van der Waals surface area contributed by atoms with Gasteiger partial charge in [0.2, 0.25) is 10.0 Å². The average molecular weight is 276 g/mol. The predicted octanol–water partition coefficient (Wildman–Crippen LogP) is 2.10. The minimum absolute atomic E-state index is 0.269. The number of unbranched alkanes of at least 4 members (excludes halogenated alkanes) is 1. The van der Waals surface area contributed by atoms with Crippen molar-refractivity contribution in [1.82, 2.24) is 4.31 Å². The van der Waals surface area contributed by atoms with Gasteiger partial charge in [-0.3, -0.25) is 0 Å². The molecule has 1 fully saturated rings. The number of rotatable bonds is 8. The van der Waals surface area contributed by atoms with Crippen LogP contribution in [0.5, 0.6) is 0 Å². The molecule has 0 aromatic heterocycles. The zero-order chi connectivity index (χ0) is 13.6. The largest absolute Gasteiger partial charge is 0.329 e. The van der Waals surface area contributed by atoms with Crippen molar-refractivity contribution in [2.45, 2.75) is 64.3 Å². The topological polar surface area (TPSA) is 63.4 Å². The van der Waals surface area contributed by atoms with Crippen molar-refractivity contribution in [2.75, 3.05) is 18.8 Å². The van der Waals surface area contributed by atoms with E-state index in [4.69, 9.17) is 5.73 Å². The van der Waals surface area contributed by atoms with Crippen LogP contribution in [0.1, 0.15) is 58.8 Å². The summed E-state index contributed by atoms with van der Waals surface area (Å²) < 4.78 is 26.7. The first-order chi connectivity index (χ1) is 8.52. The van der Waals surface area contributed by atoms with Gasteiger partial charge >= 0.3 is 0 Å². The molecule has 0 unspecified atom stereocenters. The van der Waals surface area contributed by atoms with Crippen molar-refractivity contribution in [3.05, 3.63) is 0 Å². The quantitative estimate of drug-likeness (QED) is 0.738. The number of hydrogen-bond donors (Lipinski definition) is 1. The Labute approximate surface area is 112 Å². The van der Waals surface area contributed by atoms with Gasteiger partial charge in [0.1, 0.15) is 0 Å². The zero-order valence-corrected chi connectivity index (χ0v) is 12.6. The van der Waals surface area contributed by atoms with E-state index >= 15 is 0 Å². The van der Waals surface area contributed by atoms with Gasteiger partial charge in [-0.25, -0.2) is 8.42 Å². The summed E-state index contributed by atoms with van der Waals surface area (Å²) in [6.07, 6.45) is 6.55. The number of nitrogens with two attached hydrogens (primary N) is 1. The van der Waals surface area contributed by atoms with Crippen LogP contribution in [-0.2, 0) is 10.0 Å². The van der Waals surface area contributed by atoms with E-state index in [1.54, 1.807) is 4.31 Å². The maximum atomic E-state index is 12.5. The molecule has 0 radical (unpaired) electrons.